The number of benzene rings is 2. The maximum atomic E-state index is 12.7. The molecule has 0 aliphatic heterocycles. The number of Topliss-reactive ketones (excluding diaryl/α,β-unsaturated/α-hetero) is 1. The van der Waals surface area contributed by atoms with Crippen LogP contribution in [0.25, 0.3) is 0 Å². The molecule has 0 heterocycles. The van der Waals surface area contributed by atoms with Crippen LogP contribution >= 0.6 is 33.2 Å². The molecule has 0 N–H and O–H groups in total. The molecule has 124 valence electrons. The summed E-state index contributed by atoms with van der Waals surface area (Å²) in [6.07, 6.45) is 2.18. The van der Waals surface area contributed by atoms with Crippen LogP contribution in [-0.4, -0.2) is 17.8 Å². The third kappa shape index (κ3) is 4.32. The van der Waals surface area contributed by atoms with Crippen LogP contribution in [0, 0.1) is 5.41 Å². The van der Waals surface area contributed by atoms with Crippen LogP contribution in [0.15, 0.2) is 58.3 Å². The van der Waals surface area contributed by atoms with Crippen LogP contribution in [0.4, 0.5) is 0 Å². The van der Waals surface area contributed by atoms with E-state index in [2.05, 4.69) is 6.26 Å². The summed E-state index contributed by atoms with van der Waals surface area (Å²) in [6, 6.07) is 15.7. The highest BCUT2D eigenvalue weighted by atomic mass is 35.5. The Bertz CT molecular complexity index is 639. The number of carbonyl (C=O) groups excluding carboxylic acids is 1. The Morgan fingerprint density at radius 2 is 1.22 bits per heavy atom. The second kappa shape index (κ2) is 6.88. The zero-order chi connectivity index (χ0) is 17.3. The van der Waals surface area contributed by atoms with Crippen molar-refractivity contribution < 1.29 is 4.79 Å². The first-order chi connectivity index (χ1) is 10.6. The zero-order valence-corrected chi connectivity index (χ0v) is 16.2. The SMILES string of the molecule is CC(C)(C)C(=O)CS(C)(c1ccc(Cl)cc1)c1ccc(Cl)cc1. The van der Waals surface area contributed by atoms with Gasteiger partial charge in [0.1, 0.15) is 5.78 Å². The topological polar surface area (TPSA) is 17.1 Å². The molecule has 0 atom stereocenters. The smallest absolute Gasteiger partial charge is 0.147 e. The summed E-state index contributed by atoms with van der Waals surface area (Å²) in [5.41, 5.74) is -0.354. The van der Waals surface area contributed by atoms with Gasteiger partial charge in [-0.05, 0) is 64.6 Å². The van der Waals surface area contributed by atoms with E-state index in [1.165, 1.54) is 0 Å². The van der Waals surface area contributed by atoms with Gasteiger partial charge in [0, 0.05) is 21.2 Å². The van der Waals surface area contributed by atoms with E-state index in [9.17, 15) is 4.79 Å². The average Bonchev–Trinajstić information content (AvgIpc) is 2.47. The Labute approximate surface area is 150 Å². The molecule has 0 saturated heterocycles. The van der Waals surface area contributed by atoms with E-state index in [1.807, 2.05) is 69.3 Å². The van der Waals surface area contributed by atoms with Gasteiger partial charge in [-0.3, -0.25) is 4.79 Å². The van der Waals surface area contributed by atoms with Crippen molar-refractivity contribution in [1.82, 2.24) is 0 Å². The lowest BCUT2D eigenvalue weighted by atomic mass is 9.92. The van der Waals surface area contributed by atoms with Crippen molar-refractivity contribution in [2.24, 2.45) is 5.41 Å². The van der Waals surface area contributed by atoms with Crippen molar-refractivity contribution >= 4 is 39.0 Å². The minimum Gasteiger partial charge on any atom is -0.298 e. The number of ketones is 1. The average molecular weight is 369 g/mol. The summed E-state index contributed by atoms with van der Waals surface area (Å²) in [4.78, 5) is 15.0. The lowest BCUT2D eigenvalue weighted by Crippen LogP contribution is -2.26. The highest BCUT2D eigenvalue weighted by molar-refractivity contribution is 8.33. The Balaban J connectivity index is 2.52. The monoisotopic (exact) mass is 368 g/mol. The summed E-state index contributed by atoms with van der Waals surface area (Å²) in [5, 5.41) is 1.41. The fourth-order valence-corrected chi connectivity index (χ4v) is 5.54. The van der Waals surface area contributed by atoms with E-state index in [0.717, 1.165) is 9.79 Å². The summed E-state index contributed by atoms with van der Waals surface area (Å²) in [7, 11) is -1.48. The van der Waals surface area contributed by atoms with Gasteiger partial charge in [0.05, 0.1) is 0 Å². The van der Waals surface area contributed by atoms with Crippen LogP contribution < -0.4 is 0 Å². The Kier molecular flexibility index (Phi) is 5.50. The van der Waals surface area contributed by atoms with Crippen molar-refractivity contribution in [3.63, 3.8) is 0 Å². The van der Waals surface area contributed by atoms with E-state index in [4.69, 9.17) is 23.2 Å². The molecule has 4 heteroatoms. The molecular weight excluding hydrogens is 347 g/mol. The largest absolute Gasteiger partial charge is 0.298 e. The second-order valence-corrected chi connectivity index (χ2v) is 11.1. The van der Waals surface area contributed by atoms with Crippen molar-refractivity contribution in [3.8, 4) is 0 Å². The predicted octanol–water partition coefficient (Wildman–Crippen LogP) is 6.46. The predicted molar refractivity (Wildman–Crippen MR) is 102 cm³/mol. The summed E-state index contributed by atoms with van der Waals surface area (Å²) >= 11 is 12.1. The first kappa shape index (κ1) is 18.4. The molecule has 0 unspecified atom stereocenters. The number of halogens is 2. The molecule has 0 bridgehead atoms. The third-order valence-corrected chi connectivity index (χ3v) is 7.89. The van der Waals surface area contributed by atoms with Crippen LogP contribution in [0.2, 0.25) is 10.0 Å². The molecule has 2 aromatic rings. The first-order valence-electron chi connectivity index (χ1n) is 7.43. The fraction of sp³-hybridized carbons (Fsp3) is 0.316. The van der Waals surface area contributed by atoms with Gasteiger partial charge in [0.15, 0.2) is 0 Å². The van der Waals surface area contributed by atoms with E-state index in [-0.39, 0.29) is 11.2 Å². The summed E-state index contributed by atoms with van der Waals surface area (Å²) < 4.78 is 0. The molecule has 0 fully saturated rings. The molecule has 0 aliphatic rings. The lowest BCUT2D eigenvalue weighted by Gasteiger charge is -2.38. The van der Waals surface area contributed by atoms with Gasteiger partial charge in [-0.1, -0.05) is 44.0 Å². The molecule has 0 radical (unpaired) electrons. The first-order valence-corrected chi connectivity index (χ1v) is 10.4. The third-order valence-electron chi connectivity index (χ3n) is 3.92. The minimum absolute atomic E-state index is 0.264. The van der Waals surface area contributed by atoms with E-state index >= 15 is 0 Å². The number of hydrogen-bond acceptors (Lipinski definition) is 1. The van der Waals surface area contributed by atoms with Gasteiger partial charge in [0.25, 0.3) is 0 Å². The maximum Gasteiger partial charge on any atom is 0.147 e. The van der Waals surface area contributed by atoms with E-state index < -0.39 is 10.0 Å². The van der Waals surface area contributed by atoms with Gasteiger partial charge in [-0.15, -0.1) is 0 Å². The van der Waals surface area contributed by atoms with E-state index in [0.29, 0.717) is 15.8 Å². The lowest BCUT2D eigenvalue weighted by molar-refractivity contribution is -0.123. The van der Waals surface area contributed by atoms with Crippen molar-refractivity contribution in [3.05, 3.63) is 58.6 Å². The molecule has 1 nitrogen and oxygen atoms in total. The van der Waals surface area contributed by atoms with Crippen LogP contribution in [0.3, 0.4) is 0 Å². The molecule has 0 aromatic heterocycles. The van der Waals surface area contributed by atoms with Gasteiger partial charge < -0.3 is 0 Å². The van der Waals surface area contributed by atoms with E-state index in [1.54, 1.807) is 0 Å². The van der Waals surface area contributed by atoms with Crippen molar-refractivity contribution in [1.29, 1.82) is 0 Å². The number of rotatable bonds is 4. The Morgan fingerprint density at radius 1 is 0.870 bits per heavy atom. The van der Waals surface area contributed by atoms with Gasteiger partial charge >= 0.3 is 0 Å². The van der Waals surface area contributed by atoms with Crippen molar-refractivity contribution in [2.75, 3.05) is 12.0 Å². The van der Waals surface area contributed by atoms with Gasteiger partial charge in [0.2, 0.25) is 0 Å². The number of carbonyl (C=O) groups is 1. The molecule has 2 rings (SSSR count). The Hall–Kier alpha value is -0.960. The van der Waals surface area contributed by atoms with Crippen LogP contribution in [0.1, 0.15) is 20.8 Å². The zero-order valence-electron chi connectivity index (χ0n) is 13.9. The molecular formula is C19H22Cl2OS. The van der Waals surface area contributed by atoms with Gasteiger partial charge in [-0.2, -0.15) is 10.0 Å². The molecule has 0 amide bonds. The van der Waals surface area contributed by atoms with Gasteiger partial charge in [-0.25, -0.2) is 0 Å². The number of hydrogen-bond donors (Lipinski definition) is 0. The normalized spacial score (nSPS) is 13.0. The van der Waals surface area contributed by atoms with Crippen LogP contribution in [0.5, 0.6) is 0 Å². The highest BCUT2D eigenvalue weighted by Gasteiger charge is 2.31. The molecule has 0 saturated carbocycles. The molecule has 2 aromatic carbocycles. The molecule has 0 spiro atoms. The molecule has 23 heavy (non-hydrogen) atoms. The highest BCUT2D eigenvalue weighted by Crippen LogP contribution is 2.60. The quantitative estimate of drug-likeness (QED) is 0.604. The summed E-state index contributed by atoms with van der Waals surface area (Å²) in [6.45, 7) is 5.91. The second-order valence-electron chi connectivity index (χ2n) is 6.81. The van der Waals surface area contributed by atoms with Crippen molar-refractivity contribution in [2.45, 2.75) is 30.6 Å². The maximum absolute atomic E-state index is 12.7. The van der Waals surface area contributed by atoms with Crippen LogP contribution in [-0.2, 0) is 4.79 Å². The molecule has 0 aliphatic carbocycles. The standard InChI is InChI=1S/C19H22Cl2OS/c1-19(2,3)18(22)13-23(4,16-9-5-14(20)6-10-16)17-11-7-15(21)8-12-17/h5-12H,13H2,1-4H3. The summed E-state index contributed by atoms with van der Waals surface area (Å²) in [5.74, 6) is 0.777. The fourth-order valence-electron chi connectivity index (χ4n) is 2.25. The minimum atomic E-state index is -1.48. The Morgan fingerprint density at radius 3 is 1.52 bits per heavy atom.